The van der Waals surface area contributed by atoms with Crippen molar-refractivity contribution >= 4 is 23.3 Å². The molecule has 20 heavy (non-hydrogen) atoms. The van der Waals surface area contributed by atoms with Crippen molar-refractivity contribution in [1.82, 2.24) is 0 Å². The average molecular weight is 268 g/mol. The van der Waals surface area contributed by atoms with Gasteiger partial charge in [-0.3, -0.25) is 9.69 Å². The van der Waals surface area contributed by atoms with E-state index in [-0.39, 0.29) is 24.2 Å². The minimum atomic E-state index is -0.383. The van der Waals surface area contributed by atoms with Gasteiger partial charge in [-0.15, -0.1) is 0 Å². The number of imide groups is 1. The number of nitrogens with zero attached hydrogens (tertiary/aromatic N) is 2. The molecule has 0 atom stereocenters. The standard InChI is InChI=1S/C15H12N2O3/c18-13-8-6-12(7-9-13)17-14(19)10-16(15(17)20)11-4-2-1-3-5-11/h1-9,18H,10H2. The second-order valence-corrected chi connectivity index (χ2v) is 4.45. The summed E-state index contributed by atoms with van der Waals surface area (Å²) in [5.74, 6) is -0.197. The van der Waals surface area contributed by atoms with Crippen LogP contribution in [-0.2, 0) is 4.79 Å². The molecule has 3 amide bonds. The Morgan fingerprint density at radius 1 is 0.850 bits per heavy atom. The van der Waals surface area contributed by atoms with E-state index in [0.29, 0.717) is 11.4 Å². The number of carbonyl (C=O) groups is 2. The number of phenols is 1. The molecule has 3 rings (SSSR count). The van der Waals surface area contributed by atoms with Gasteiger partial charge in [-0.1, -0.05) is 18.2 Å². The van der Waals surface area contributed by atoms with Gasteiger partial charge in [0.05, 0.1) is 5.69 Å². The van der Waals surface area contributed by atoms with Gasteiger partial charge in [-0.25, -0.2) is 9.69 Å². The zero-order valence-electron chi connectivity index (χ0n) is 10.6. The number of aromatic hydroxyl groups is 1. The fourth-order valence-corrected chi connectivity index (χ4v) is 2.17. The van der Waals surface area contributed by atoms with Gasteiger partial charge in [0.2, 0.25) is 0 Å². The topological polar surface area (TPSA) is 60.9 Å². The maximum absolute atomic E-state index is 12.4. The van der Waals surface area contributed by atoms with Gasteiger partial charge in [-0.2, -0.15) is 0 Å². The molecule has 1 aliphatic rings. The highest BCUT2D eigenvalue weighted by molar-refractivity contribution is 6.26. The van der Waals surface area contributed by atoms with Crippen LogP contribution in [0.25, 0.3) is 0 Å². The number of phenolic OH excluding ortho intramolecular Hbond substituents is 1. The molecule has 2 aromatic carbocycles. The first-order chi connectivity index (χ1) is 9.66. The van der Waals surface area contributed by atoms with E-state index in [1.165, 1.54) is 17.0 Å². The number of para-hydroxylation sites is 1. The molecule has 5 nitrogen and oxygen atoms in total. The number of rotatable bonds is 2. The van der Waals surface area contributed by atoms with Gasteiger partial charge in [0, 0.05) is 5.69 Å². The van der Waals surface area contributed by atoms with Crippen LogP contribution in [0.1, 0.15) is 0 Å². The lowest BCUT2D eigenvalue weighted by Gasteiger charge is -2.17. The molecule has 1 saturated heterocycles. The first-order valence-electron chi connectivity index (χ1n) is 6.15. The third kappa shape index (κ3) is 1.99. The van der Waals surface area contributed by atoms with E-state index in [1.807, 2.05) is 18.2 Å². The molecule has 0 spiro atoms. The highest BCUT2D eigenvalue weighted by atomic mass is 16.3. The molecule has 1 heterocycles. The van der Waals surface area contributed by atoms with Gasteiger partial charge in [-0.05, 0) is 36.4 Å². The number of benzene rings is 2. The van der Waals surface area contributed by atoms with Crippen LogP contribution in [0.15, 0.2) is 54.6 Å². The van der Waals surface area contributed by atoms with Crippen molar-refractivity contribution in [2.45, 2.75) is 0 Å². The third-order valence-electron chi connectivity index (χ3n) is 3.14. The Morgan fingerprint density at radius 3 is 2.15 bits per heavy atom. The Labute approximate surface area is 115 Å². The number of hydrogen-bond donors (Lipinski definition) is 1. The van der Waals surface area contributed by atoms with Crippen molar-refractivity contribution in [2.24, 2.45) is 0 Å². The molecule has 0 aliphatic carbocycles. The monoisotopic (exact) mass is 268 g/mol. The summed E-state index contributed by atoms with van der Waals surface area (Å²) in [5, 5.41) is 9.26. The van der Waals surface area contributed by atoms with Gasteiger partial charge in [0.1, 0.15) is 12.3 Å². The van der Waals surface area contributed by atoms with E-state index in [0.717, 1.165) is 4.90 Å². The molecule has 1 N–H and O–H groups in total. The molecule has 1 fully saturated rings. The van der Waals surface area contributed by atoms with Crippen LogP contribution < -0.4 is 9.80 Å². The summed E-state index contributed by atoms with van der Waals surface area (Å²) < 4.78 is 0. The summed E-state index contributed by atoms with van der Waals surface area (Å²) in [4.78, 5) is 27.0. The van der Waals surface area contributed by atoms with Crippen LogP contribution >= 0.6 is 0 Å². The van der Waals surface area contributed by atoms with E-state index < -0.39 is 0 Å². The minimum absolute atomic E-state index is 0.0176. The Balaban J connectivity index is 1.93. The van der Waals surface area contributed by atoms with E-state index >= 15 is 0 Å². The average Bonchev–Trinajstić information content (AvgIpc) is 2.76. The Kier molecular flexibility index (Phi) is 2.87. The van der Waals surface area contributed by atoms with Crippen molar-refractivity contribution in [2.75, 3.05) is 16.3 Å². The summed E-state index contributed by atoms with van der Waals surface area (Å²) in [6.07, 6.45) is 0. The van der Waals surface area contributed by atoms with E-state index in [1.54, 1.807) is 24.3 Å². The first kappa shape index (κ1) is 12.2. The number of hydrogen-bond acceptors (Lipinski definition) is 3. The molecule has 0 aromatic heterocycles. The van der Waals surface area contributed by atoms with Crippen LogP contribution in [0.4, 0.5) is 16.2 Å². The summed E-state index contributed by atoms with van der Waals surface area (Å²) in [6, 6.07) is 14.6. The van der Waals surface area contributed by atoms with E-state index in [9.17, 15) is 14.7 Å². The van der Waals surface area contributed by atoms with Crippen LogP contribution in [0.2, 0.25) is 0 Å². The van der Waals surface area contributed by atoms with Crippen molar-refractivity contribution in [3.05, 3.63) is 54.6 Å². The second-order valence-electron chi connectivity index (χ2n) is 4.45. The number of urea groups is 1. The number of carbonyl (C=O) groups excluding carboxylic acids is 2. The molecular weight excluding hydrogens is 256 g/mol. The highest BCUT2D eigenvalue weighted by Crippen LogP contribution is 2.26. The Hall–Kier alpha value is -2.82. The lowest BCUT2D eigenvalue weighted by atomic mass is 10.3. The molecule has 1 aliphatic heterocycles. The summed E-state index contributed by atoms with van der Waals surface area (Å²) >= 11 is 0. The fraction of sp³-hybridized carbons (Fsp3) is 0.0667. The van der Waals surface area contributed by atoms with Crippen molar-refractivity contribution in [3.63, 3.8) is 0 Å². The summed E-state index contributed by atoms with van der Waals surface area (Å²) in [6.45, 7) is 0.0176. The highest BCUT2D eigenvalue weighted by Gasteiger charge is 2.37. The normalized spacial score (nSPS) is 15.0. The van der Waals surface area contributed by atoms with Crippen LogP contribution in [0.5, 0.6) is 5.75 Å². The van der Waals surface area contributed by atoms with Crippen LogP contribution in [0, 0.1) is 0 Å². The summed E-state index contributed by atoms with van der Waals surface area (Å²) in [7, 11) is 0. The molecule has 100 valence electrons. The quantitative estimate of drug-likeness (QED) is 0.850. The van der Waals surface area contributed by atoms with Gasteiger partial charge < -0.3 is 5.11 Å². The smallest absolute Gasteiger partial charge is 0.336 e. The Morgan fingerprint density at radius 2 is 1.50 bits per heavy atom. The molecule has 5 heteroatoms. The molecule has 0 radical (unpaired) electrons. The van der Waals surface area contributed by atoms with Crippen LogP contribution in [-0.4, -0.2) is 23.6 Å². The second kappa shape index (κ2) is 4.70. The van der Waals surface area contributed by atoms with E-state index in [4.69, 9.17) is 0 Å². The lowest BCUT2D eigenvalue weighted by molar-refractivity contribution is -0.115. The fourth-order valence-electron chi connectivity index (χ4n) is 2.17. The summed E-state index contributed by atoms with van der Waals surface area (Å²) in [5.41, 5.74) is 1.14. The van der Waals surface area contributed by atoms with Crippen molar-refractivity contribution in [1.29, 1.82) is 0 Å². The number of amides is 3. The van der Waals surface area contributed by atoms with Crippen molar-refractivity contribution < 1.29 is 14.7 Å². The molecular formula is C15H12N2O3. The predicted molar refractivity (Wildman–Crippen MR) is 74.8 cm³/mol. The van der Waals surface area contributed by atoms with Gasteiger partial charge in [0.25, 0.3) is 5.91 Å². The Bertz CT molecular complexity index is 653. The SMILES string of the molecule is O=C1CN(c2ccccc2)C(=O)N1c1ccc(O)cc1. The lowest BCUT2D eigenvalue weighted by Crippen LogP contribution is -2.32. The van der Waals surface area contributed by atoms with Crippen molar-refractivity contribution in [3.8, 4) is 5.75 Å². The largest absolute Gasteiger partial charge is 0.508 e. The zero-order chi connectivity index (χ0) is 14.1. The maximum atomic E-state index is 12.4. The minimum Gasteiger partial charge on any atom is -0.508 e. The van der Waals surface area contributed by atoms with Gasteiger partial charge in [0.15, 0.2) is 0 Å². The van der Waals surface area contributed by atoms with Gasteiger partial charge >= 0.3 is 6.03 Å². The molecule has 2 aromatic rings. The maximum Gasteiger partial charge on any atom is 0.336 e. The number of anilines is 2. The molecule has 0 saturated carbocycles. The van der Waals surface area contributed by atoms with E-state index in [2.05, 4.69) is 0 Å². The zero-order valence-corrected chi connectivity index (χ0v) is 10.6. The van der Waals surface area contributed by atoms with Crippen LogP contribution in [0.3, 0.4) is 0 Å². The predicted octanol–water partition coefficient (Wildman–Crippen LogP) is 2.37. The molecule has 0 unspecified atom stereocenters. The first-order valence-corrected chi connectivity index (χ1v) is 6.15. The molecule has 0 bridgehead atoms. The third-order valence-corrected chi connectivity index (χ3v) is 3.14.